The van der Waals surface area contributed by atoms with Crippen molar-refractivity contribution in [1.29, 1.82) is 0 Å². The Morgan fingerprint density at radius 3 is 2.67 bits per heavy atom. The number of hydrogen-bond acceptors (Lipinski definition) is 3. The van der Waals surface area contributed by atoms with E-state index in [1.165, 1.54) is 6.08 Å². The van der Waals surface area contributed by atoms with Gasteiger partial charge in [-0.2, -0.15) is 0 Å². The fourth-order valence-electron chi connectivity index (χ4n) is 0.104. The van der Waals surface area contributed by atoms with Gasteiger partial charge >= 0.3 is 0 Å². The van der Waals surface area contributed by atoms with E-state index in [1.807, 2.05) is 0 Å². The van der Waals surface area contributed by atoms with Gasteiger partial charge in [0, 0.05) is 6.54 Å². The van der Waals surface area contributed by atoms with Crippen molar-refractivity contribution in [1.82, 2.24) is 0 Å². The van der Waals surface area contributed by atoms with Crippen LogP contribution in [0.15, 0.2) is 17.5 Å². The average molecular weight is 86.1 g/mol. The van der Waals surface area contributed by atoms with Crippen molar-refractivity contribution in [2.75, 3.05) is 6.54 Å². The van der Waals surface area contributed by atoms with Crippen molar-refractivity contribution in [3.05, 3.63) is 17.2 Å². The fourth-order valence-corrected chi connectivity index (χ4v) is 0.104. The Balaban J connectivity index is 2.94. The minimum atomic E-state index is 0.381. The third-order valence-corrected chi connectivity index (χ3v) is 0.302. The summed E-state index contributed by atoms with van der Waals surface area (Å²) >= 11 is 0. The van der Waals surface area contributed by atoms with E-state index >= 15 is 0 Å². The number of hydrogen-bond donors (Lipinski definition) is 1. The van der Waals surface area contributed by atoms with E-state index in [4.69, 9.17) is 5.73 Å². The lowest BCUT2D eigenvalue weighted by Gasteiger charge is -1.66. The van der Waals surface area contributed by atoms with Crippen LogP contribution in [-0.4, -0.2) is 6.54 Å². The Morgan fingerprint density at radius 1 is 1.83 bits per heavy atom. The molecule has 0 unspecified atom stereocenters. The molecule has 0 amide bonds. The molecule has 2 N–H and O–H groups in total. The Labute approximate surface area is 35.8 Å². The first kappa shape index (κ1) is 5.30. The zero-order valence-electron chi connectivity index (χ0n) is 3.29. The first-order valence-corrected chi connectivity index (χ1v) is 1.59. The molecule has 0 saturated carbocycles. The first-order valence-electron chi connectivity index (χ1n) is 1.59. The predicted octanol–water partition coefficient (Wildman–Crippen LogP) is 0.225. The average Bonchev–Trinajstić information content (AvgIpc) is 1.61. The van der Waals surface area contributed by atoms with Gasteiger partial charge in [0.25, 0.3) is 0 Å². The molecule has 0 rings (SSSR count). The molecule has 0 aromatic rings. The van der Waals surface area contributed by atoms with E-state index in [0.717, 1.165) is 6.20 Å². The summed E-state index contributed by atoms with van der Waals surface area (Å²) in [6, 6.07) is 0. The Bertz CT molecular complexity index is 59.8. The van der Waals surface area contributed by atoms with Crippen LogP contribution in [0.2, 0.25) is 0 Å². The molecule has 0 saturated heterocycles. The lowest BCUT2D eigenvalue weighted by molar-refractivity contribution is 1.24. The molecule has 3 nitrogen and oxygen atoms in total. The van der Waals surface area contributed by atoms with Gasteiger partial charge in [-0.1, -0.05) is 0 Å². The van der Waals surface area contributed by atoms with Crippen molar-refractivity contribution >= 4 is 0 Å². The lowest BCUT2D eigenvalue weighted by atomic mass is 10.6. The summed E-state index contributed by atoms with van der Waals surface area (Å²) in [5.41, 5.74) is 4.93. The Hall–Kier alpha value is -0.700. The highest BCUT2D eigenvalue weighted by atomic mass is 16.2. The van der Waals surface area contributed by atoms with Gasteiger partial charge in [0.2, 0.25) is 0 Å². The largest absolute Gasteiger partial charge is 0.327 e. The summed E-state index contributed by atoms with van der Waals surface area (Å²) in [7, 11) is 0. The summed E-state index contributed by atoms with van der Waals surface area (Å²) in [6.07, 6.45) is 2.60. The van der Waals surface area contributed by atoms with Gasteiger partial charge in [0.15, 0.2) is 0 Å². The zero-order chi connectivity index (χ0) is 4.83. The summed E-state index contributed by atoms with van der Waals surface area (Å²) in [5.74, 6) is 0. The molecular formula is C3H6N2O. The number of nitroso groups, excluding NO2 is 1. The molecule has 0 bridgehead atoms. The van der Waals surface area contributed by atoms with Crippen LogP contribution >= 0.6 is 0 Å². The monoisotopic (exact) mass is 86.0 g/mol. The minimum absolute atomic E-state index is 0.381. The molecule has 3 heteroatoms. The second-order valence-corrected chi connectivity index (χ2v) is 0.726. The maximum atomic E-state index is 9.17. The van der Waals surface area contributed by atoms with E-state index in [-0.39, 0.29) is 0 Å². The molecule has 0 heterocycles. The predicted molar refractivity (Wildman–Crippen MR) is 24.0 cm³/mol. The molecular weight excluding hydrogens is 80.0 g/mol. The van der Waals surface area contributed by atoms with Crippen LogP contribution in [-0.2, 0) is 0 Å². The van der Waals surface area contributed by atoms with E-state index in [1.54, 1.807) is 0 Å². The third kappa shape index (κ3) is 3.30. The smallest absolute Gasteiger partial charge is 0.0687 e. The maximum absolute atomic E-state index is 9.17. The Morgan fingerprint density at radius 2 is 2.50 bits per heavy atom. The molecule has 0 aliphatic rings. The SMILES string of the molecule is NC/C=C\N=O. The quantitative estimate of drug-likeness (QED) is 0.489. The van der Waals surface area contributed by atoms with Crippen molar-refractivity contribution < 1.29 is 0 Å². The normalized spacial score (nSPS) is 9.50. The van der Waals surface area contributed by atoms with Crippen LogP contribution in [0.25, 0.3) is 0 Å². The summed E-state index contributed by atoms with van der Waals surface area (Å²) in [4.78, 5) is 9.17. The lowest BCUT2D eigenvalue weighted by Crippen LogP contribution is -1.91. The summed E-state index contributed by atoms with van der Waals surface area (Å²) in [6.45, 7) is 0.381. The van der Waals surface area contributed by atoms with Gasteiger partial charge in [0.05, 0.1) is 6.20 Å². The molecule has 0 aliphatic carbocycles. The number of nitrogens with zero attached hydrogens (tertiary/aromatic N) is 1. The van der Waals surface area contributed by atoms with Crippen LogP contribution in [0, 0.1) is 4.91 Å². The van der Waals surface area contributed by atoms with E-state index < -0.39 is 0 Å². The first-order chi connectivity index (χ1) is 2.91. The second kappa shape index (κ2) is 4.30. The topological polar surface area (TPSA) is 55.4 Å². The van der Waals surface area contributed by atoms with Crippen molar-refractivity contribution in [3.63, 3.8) is 0 Å². The van der Waals surface area contributed by atoms with E-state index in [2.05, 4.69) is 5.18 Å². The van der Waals surface area contributed by atoms with Gasteiger partial charge in [-0.25, -0.2) is 0 Å². The van der Waals surface area contributed by atoms with Crippen molar-refractivity contribution in [2.45, 2.75) is 0 Å². The highest BCUT2D eigenvalue weighted by Gasteiger charge is 1.58. The molecule has 0 fully saturated rings. The van der Waals surface area contributed by atoms with Gasteiger partial charge in [-0.15, -0.1) is 4.91 Å². The second-order valence-electron chi connectivity index (χ2n) is 0.726. The van der Waals surface area contributed by atoms with E-state index in [0.29, 0.717) is 6.54 Å². The number of nitrogens with two attached hydrogens (primary N) is 1. The molecule has 34 valence electrons. The molecule has 0 radical (unpaired) electrons. The fraction of sp³-hybridized carbons (Fsp3) is 0.333. The van der Waals surface area contributed by atoms with Gasteiger partial charge < -0.3 is 5.73 Å². The molecule has 0 aromatic carbocycles. The summed E-state index contributed by atoms with van der Waals surface area (Å²) in [5, 5.41) is 2.41. The molecule has 0 aliphatic heterocycles. The molecule has 0 atom stereocenters. The van der Waals surface area contributed by atoms with Crippen LogP contribution in [0.5, 0.6) is 0 Å². The highest BCUT2D eigenvalue weighted by molar-refractivity contribution is 4.78. The minimum Gasteiger partial charge on any atom is -0.327 e. The van der Waals surface area contributed by atoms with Crippen molar-refractivity contribution in [3.8, 4) is 0 Å². The standard InChI is InChI=1S/C3H6N2O/c4-2-1-3-5-6/h1,3H,2,4H2/b3-1-. The van der Waals surface area contributed by atoms with Gasteiger partial charge in [-0.3, -0.25) is 0 Å². The molecule has 6 heavy (non-hydrogen) atoms. The molecule has 0 spiro atoms. The Kier molecular flexibility index (Phi) is 3.80. The highest BCUT2D eigenvalue weighted by Crippen LogP contribution is 1.65. The maximum Gasteiger partial charge on any atom is 0.0687 e. The van der Waals surface area contributed by atoms with E-state index in [9.17, 15) is 4.91 Å². The van der Waals surface area contributed by atoms with Crippen LogP contribution < -0.4 is 5.73 Å². The van der Waals surface area contributed by atoms with Crippen LogP contribution in [0.4, 0.5) is 0 Å². The van der Waals surface area contributed by atoms with Gasteiger partial charge in [0.1, 0.15) is 0 Å². The number of rotatable bonds is 2. The van der Waals surface area contributed by atoms with Crippen LogP contribution in [0.1, 0.15) is 0 Å². The molecule has 0 aromatic heterocycles. The summed E-state index contributed by atoms with van der Waals surface area (Å²) < 4.78 is 0. The zero-order valence-corrected chi connectivity index (χ0v) is 3.29. The van der Waals surface area contributed by atoms with Gasteiger partial charge in [-0.05, 0) is 11.3 Å². The van der Waals surface area contributed by atoms with Crippen LogP contribution in [0.3, 0.4) is 0 Å². The third-order valence-electron chi connectivity index (χ3n) is 0.302. The van der Waals surface area contributed by atoms with Crippen molar-refractivity contribution in [2.24, 2.45) is 10.9 Å².